The molecule has 0 atom stereocenters. The molecule has 88 valence electrons. The molecule has 0 N–H and O–H groups in total. The Bertz CT molecular complexity index is 505. The summed E-state index contributed by atoms with van der Waals surface area (Å²) in [7, 11) is 0. The number of hydrogen-bond donors (Lipinski definition) is 0. The molecule has 0 aromatic carbocycles. The highest BCUT2D eigenvalue weighted by Crippen LogP contribution is 2.27. The summed E-state index contributed by atoms with van der Waals surface area (Å²) >= 11 is 3.26. The Hall–Kier alpha value is -1.56. The van der Waals surface area contributed by atoms with Crippen LogP contribution in [0.3, 0.4) is 0 Å². The minimum absolute atomic E-state index is 0.280. The van der Waals surface area contributed by atoms with Crippen LogP contribution in [-0.2, 0) is 0 Å². The van der Waals surface area contributed by atoms with E-state index in [1.807, 2.05) is 0 Å². The smallest absolute Gasteiger partial charge is 0.280 e. The second kappa shape index (κ2) is 5.18. The van der Waals surface area contributed by atoms with Crippen molar-refractivity contribution >= 4 is 15.9 Å². The number of halogens is 3. The van der Waals surface area contributed by atoms with Gasteiger partial charge in [-0.05, 0) is 40.2 Å². The SMILES string of the molecule is FC(F)c1ccc(Oc2ncccc2Br)cn1. The van der Waals surface area contributed by atoms with Gasteiger partial charge >= 0.3 is 0 Å². The van der Waals surface area contributed by atoms with Crippen molar-refractivity contribution < 1.29 is 13.5 Å². The molecule has 0 saturated heterocycles. The second-order valence-electron chi connectivity index (χ2n) is 3.11. The van der Waals surface area contributed by atoms with E-state index in [4.69, 9.17) is 4.74 Å². The van der Waals surface area contributed by atoms with Gasteiger partial charge in [0.25, 0.3) is 6.43 Å². The molecule has 0 bridgehead atoms. The van der Waals surface area contributed by atoms with Crippen molar-refractivity contribution in [2.75, 3.05) is 0 Å². The summed E-state index contributed by atoms with van der Waals surface area (Å²) in [5.74, 6) is 0.716. The first-order valence-electron chi connectivity index (χ1n) is 4.69. The van der Waals surface area contributed by atoms with Gasteiger partial charge in [-0.15, -0.1) is 0 Å². The monoisotopic (exact) mass is 300 g/mol. The van der Waals surface area contributed by atoms with Crippen LogP contribution in [0.2, 0.25) is 0 Å². The average Bonchev–Trinajstić information content (AvgIpc) is 2.33. The lowest BCUT2D eigenvalue weighted by Gasteiger charge is -2.06. The summed E-state index contributed by atoms with van der Waals surface area (Å²) in [4.78, 5) is 7.57. The summed E-state index contributed by atoms with van der Waals surface area (Å²) < 4.78 is 30.6. The molecule has 0 fully saturated rings. The highest BCUT2D eigenvalue weighted by atomic mass is 79.9. The molecule has 2 rings (SSSR count). The van der Waals surface area contributed by atoms with Crippen molar-refractivity contribution in [3.05, 3.63) is 46.8 Å². The van der Waals surface area contributed by atoms with E-state index in [-0.39, 0.29) is 5.69 Å². The van der Waals surface area contributed by atoms with Crippen molar-refractivity contribution in [1.29, 1.82) is 0 Å². The number of ether oxygens (including phenoxy) is 1. The minimum atomic E-state index is -2.58. The maximum absolute atomic E-state index is 12.3. The van der Waals surface area contributed by atoms with Gasteiger partial charge in [-0.1, -0.05) is 0 Å². The lowest BCUT2D eigenvalue weighted by atomic mass is 10.3. The molecule has 2 aromatic heterocycles. The van der Waals surface area contributed by atoms with Crippen LogP contribution in [0.4, 0.5) is 8.78 Å². The Labute approximate surface area is 105 Å². The van der Waals surface area contributed by atoms with Crippen LogP contribution in [0, 0.1) is 0 Å². The summed E-state index contributed by atoms with van der Waals surface area (Å²) in [5, 5.41) is 0. The maximum Gasteiger partial charge on any atom is 0.280 e. The van der Waals surface area contributed by atoms with Crippen LogP contribution >= 0.6 is 15.9 Å². The van der Waals surface area contributed by atoms with Crippen LogP contribution < -0.4 is 4.74 Å². The molecule has 0 radical (unpaired) electrons. The van der Waals surface area contributed by atoms with E-state index >= 15 is 0 Å². The van der Waals surface area contributed by atoms with Gasteiger partial charge in [0.2, 0.25) is 5.88 Å². The maximum atomic E-state index is 12.3. The van der Waals surface area contributed by atoms with E-state index in [2.05, 4.69) is 25.9 Å². The van der Waals surface area contributed by atoms with Gasteiger partial charge in [0, 0.05) is 6.20 Å². The van der Waals surface area contributed by atoms with Crippen LogP contribution in [0.1, 0.15) is 12.1 Å². The molecule has 0 amide bonds. The summed E-state index contributed by atoms with van der Waals surface area (Å²) in [6, 6.07) is 6.16. The van der Waals surface area contributed by atoms with Crippen molar-refractivity contribution in [3.63, 3.8) is 0 Å². The number of alkyl halides is 2. The molecule has 3 nitrogen and oxygen atoms in total. The lowest BCUT2D eigenvalue weighted by Crippen LogP contribution is -1.92. The first-order chi connectivity index (χ1) is 8.16. The van der Waals surface area contributed by atoms with E-state index in [9.17, 15) is 8.78 Å². The molecule has 0 aliphatic rings. The van der Waals surface area contributed by atoms with Crippen LogP contribution in [0.5, 0.6) is 11.6 Å². The van der Waals surface area contributed by atoms with E-state index in [1.54, 1.807) is 18.3 Å². The molecule has 17 heavy (non-hydrogen) atoms. The predicted molar refractivity (Wildman–Crippen MR) is 61.2 cm³/mol. The fourth-order valence-corrected chi connectivity index (χ4v) is 1.48. The third kappa shape index (κ3) is 2.97. The summed E-state index contributed by atoms with van der Waals surface area (Å²) in [6.07, 6.45) is 0.231. The van der Waals surface area contributed by atoms with E-state index in [0.717, 1.165) is 0 Å². The highest BCUT2D eigenvalue weighted by molar-refractivity contribution is 9.10. The van der Waals surface area contributed by atoms with E-state index in [1.165, 1.54) is 18.3 Å². The molecule has 0 spiro atoms. The Morgan fingerprint density at radius 2 is 2.00 bits per heavy atom. The Kier molecular flexibility index (Phi) is 3.63. The zero-order valence-electron chi connectivity index (χ0n) is 8.48. The number of nitrogens with zero attached hydrogens (tertiary/aromatic N) is 2. The number of hydrogen-bond acceptors (Lipinski definition) is 3. The van der Waals surface area contributed by atoms with Gasteiger partial charge in [-0.25, -0.2) is 13.8 Å². The predicted octanol–water partition coefficient (Wildman–Crippen LogP) is 3.97. The fraction of sp³-hybridized carbons (Fsp3) is 0.0909. The van der Waals surface area contributed by atoms with Gasteiger partial charge < -0.3 is 4.74 Å². The van der Waals surface area contributed by atoms with E-state index < -0.39 is 6.43 Å². The molecule has 0 aliphatic carbocycles. The molecule has 0 saturated carbocycles. The fourth-order valence-electron chi connectivity index (χ4n) is 1.14. The molecular weight excluding hydrogens is 294 g/mol. The van der Waals surface area contributed by atoms with Crippen molar-refractivity contribution in [2.45, 2.75) is 6.43 Å². The highest BCUT2D eigenvalue weighted by Gasteiger charge is 2.09. The topological polar surface area (TPSA) is 35.0 Å². The Morgan fingerprint density at radius 1 is 1.18 bits per heavy atom. The van der Waals surface area contributed by atoms with Gasteiger partial charge in [0.15, 0.2) is 0 Å². The summed E-state index contributed by atoms with van der Waals surface area (Å²) in [6.45, 7) is 0. The van der Waals surface area contributed by atoms with Crippen molar-refractivity contribution in [3.8, 4) is 11.6 Å². The quantitative estimate of drug-likeness (QED) is 0.860. The van der Waals surface area contributed by atoms with Crippen molar-refractivity contribution in [2.24, 2.45) is 0 Å². The van der Waals surface area contributed by atoms with Gasteiger partial charge in [-0.2, -0.15) is 0 Å². The van der Waals surface area contributed by atoms with Crippen LogP contribution in [-0.4, -0.2) is 9.97 Å². The molecular formula is C11H7BrF2N2O. The number of pyridine rings is 2. The van der Waals surface area contributed by atoms with Gasteiger partial charge in [0.05, 0.1) is 10.7 Å². The summed E-state index contributed by atoms with van der Waals surface area (Å²) in [5.41, 5.74) is -0.280. The zero-order valence-corrected chi connectivity index (χ0v) is 10.1. The molecule has 2 heterocycles. The largest absolute Gasteiger partial charge is 0.436 e. The second-order valence-corrected chi connectivity index (χ2v) is 3.97. The number of aromatic nitrogens is 2. The molecule has 0 aliphatic heterocycles. The first-order valence-corrected chi connectivity index (χ1v) is 5.48. The average molecular weight is 301 g/mol. The van der Waals surface area contributed by atoms with Gasteiger partial charge in [0.1, 0.15) is 11.4 Å². The Morgan fingerprint density at radius 3 is 2.59 bits per heavy atom. The van der Waals surface area contributed by atoms with E-state index in [0.29, 0.717) is 16.1 Å². The first kappa shape index (κ1) is 11.9. The van der Waals surface area contributed by atoms with Crippen LogP contribution in [0.25, 0.3) is 0 Å². The third-order valence-corrected chi connectivity index (χ3v) is 2.53. The van der Waals surface area contributed by atoms with Crippen LogP contribution in [0.15, 0.2) is 41.1 Å². The normalized spacial score (nSPS) is 10.6. The number of rotatable bonds is 3. The molecule has 0 unspecified atom stereocenters. The van der Waals surface area contributed by atoms with Gasteiger partial charge in [-0.3, -0.25) is 4.98 Å². The Balaban J connectivity index is 2.17. The minimum Gasteiger partial charge on any atom is -0.436 e. The standard InChI is InChI=1S/C11H7BrF2N2O/c12-8-2-1-5-15-11(8)17-7-3-4-9(10(13)14)16-6-7/h1-6,10H. The lowest BCUT2D eigenvalue weighted by molar-refractivity contribution is 0.146. The molecule has 6 heteroatoms. The van der Waals surface area contributed by atoms with Crippen molar-refractivity contribution in [1.82, 2.24) is 9.97 Å². The molecule has 2 aromatic rings. The third-order valence-electron chi connectivity index (χ3n) is 1.92. The zero-order chi connectivity index (χ0) is 12.3.